The van der Waals surface area contributed by atoms with Crippen LogP contribution in [0.1, 0.15) is 26.3 Å². The molecule has 0 bridgehead atoms. The van der Waals surface area contributed by atoms with Crippen molar-refractivity contribution >= 4 is 234 Å². The van der Waals surface area contributed by atoms with Crippen molar-refractivity contribution in [2.75, 3.05) is 4.90 Å². The van der Waals surface area contributed by atoms with Gasteiger partial charge in [0, 0.05) is 95.1 Å². The van der Waals surface area contributed by atoms with Crippen LogP contribution in [0.3, 0.4) is 0 Å². The third kappa shape index (κ3) is 8.79. The average molecular weight is 1300 g/mol. The lowest BCUT2D eigenvalue weighted by molar-refractivity contribution is 0.487. The van der Waals surface area contributed by atoms with Gasteiger partial charge in [-0.25, -0.2) is 0 Å². The van der Waals surface area contributed by atoms with Crippen LogP contribution < -0.4 is 69.7 Å². The number of anilines is 3. The maximum Gasteiger partial charge on any atom is 0.256 e. The van der Waals surface area contributed by atoms with Gasteiger partial charge in [-0.2, -0.15) is 0 Å². The van der Waals surface area contributed by atoms with Crippen LogP contribution >= 0.6 is 0 Å². The van der Waals surface area contributed by atoms with Gasteiger partial charge in [0.1, 0.15) is 96.6 Å². The van der Waals surface area contributed by atoms with E-state index >= 15 is 0 Å². The Morgan fingerprint density at radius 2 is 0.971 bits per heavy atom. The van der Waals surface area contributed by atoms with E-state index in [1.807, 2.05) is 35.2 Å². The summed E-state index contributed by atoms with van der Waals surface area (Å²) >= 11 is 0. The predicted molar refractivity (Wildman–Crippen MR) is 437 cm³/mol. The van der Waals surface area contributed by atoms with Crippen LogP contribution in [0.15, 0.2) is 252 Å². The summed E-state index contributed by atoms with van der Waals surface area (Å²) in [6.45, 7) is 6.32. The first-order valence-corrected chi connectivity index (χ1v) is 34.3. The van der Waals surface area contributed by atoms with Crippen LogP contribution in [-0.2, 0) is 5.41 Å². The Morgan fingerprint density at radius 1 is 0.369 bits per heavy atom. The summed E-state index contributed by atoms with van der Waals surface area (Å²) in [6.07, 6.45) is 3.78. The number of furan rings is 2. The van der Waals surface area contributed by atoms with Gasteiger partial charge >= 0.3 is 0 Å². The van der Waals surface area contributed by atoms with Gasteiger partial charge in [0.15, 0.2) is 0 Å². The molecule has 0 saturated carbocycles. The molecule has 16 radical (unpaired) electrons. The molecule has 462 valence electrons. The fraction of sp³-hybridized carbons (Fsp3) is 0.0460. The first kappa shape index (κ1) is 61.3. The molecular weight excluding hydrogens is 1250 g/mol. The third-order valence-electron chi connectivity index (χ3n) is 21.6. The van der Waals surface area contributed by atoms with Crippen molar-refractivity contribution in [3.63, 3.8) is 0 Å². The predicted octanol–water partition coefficient (Wildman–Crippen LogP) is 11.8. The number of fused-ring (bicyclic) bond motifs is 17. The molecule has 7 nitrogen and oxygen atoms in total. The van der Waals surface area contributed by atoms with E-state index in [1.54, 1.807) is 0 Å². The van der Waals surface area contributed by atoms with Crippen molar-refractivity contribution in [3.05, 3.63) is 248 Å². The smallest absolute Gasteiger partial charge is 0.256 e. The monoisotopic (exact) mass is 1300 g/mol. The molecule has 13 aromatic carbocycles. The lowest BCUT2D eigenvalue weighted by Gasteiger charge is -2.41. The standard InChI is InChI=1S/C87H49B9N4O3/c1-87(2,3)47-29-34-62(57(39-47)45-19-8-5-9-20-45)100-63-40-48(99-83-72(74(88)76(90)78(92)80(83)94)73-75(89)77(91)79(93)81(95)84(73)99)30-32-59(63)96-60-33-31-49(98-61-27-14-12-23-53(61)54-35-36-97-43-65(54)98)41-67(60)101-69-38-46(37-64(100)82(69)96)51-25-16-26-56-70-68(103-85(51)56)42-58(86-71(70)55-24-13-15-28-66(55)102-86)52-22-11-10-21-50(52)44-17-6-4-7-18-44/h4-43H,1-3H3. The zero-order chi connectivity index (χ0) is 69.7. The summed E-state index contributed by atoms with van der Waals surface area (Å²) in [4.78, 5) is 7.05. The molecule has 0 atom stereocenters. The van der Waals surface area contributed by atoms with E-state index < -0.39 is 6.71 Å². The van der Waals surface area contributed by atoms with E-state index in [0.717, 1.165) is 149 Å². The Bertz CT molecular complexity index is 6640. The maximum atomic E-state index is 7.68. The number of benzene rings is 13. The topological polar surface area (TPSA) is 61.5 Å². The van der Waals surface area contributed by atoms with Gasteiger partial charge in [0.25, 0.3) is 6.71 Å². The van der Waals surface area contributed by atoms with Crippen molar-refractivity contribution in [2.24, 2.45) is 0 Å². The minimum absolute atomic E-state index is 0.108. The quantitative estimate of drug-likeness (QED) is 0.149. The SMILES string of the molecule is [B]c1c([B])c([B])c2c(c1[B])c1c([B])c([B])c([B])c([B])c1n2-c1ccc2c(c1)N(c1ccc(C(C)(C)C)cc1-c1ccccc1)c1cc(-c3cccc4c3oc3cc(-c5ccccc5-c5ccccc5)c5oc6ccccc6c5c34)cc3c1B2c1ccc(-n2c4ccccc4c4ccncc42)cc1O3. The first-order chi connectivity index (χ1) is 50.1. The Morgan fingerprint density at radius 3 is 1.70 bits per heavy atom. The van der Waals surface area contributed by atoms with Gasteiger partial charge in [-0.05, 0) is 133 Å². The van der Waals surface area contributed by atoms with Crippen LogP contribution in [0.4, 0.5) is 17.1 Å². The van der Waals surface area contributed by atoms with Crippen LogP contribution in [0.2, 0.25) is 0 Å². The summed E-state index contributed by atoms with van der Waals surface area (Å²) in [5, 5.41) is 6.93. The normalized spacial score (nSPS) is 12.8. The highest BCUT2D eigenvalue weighted by molar-refractivity contribution is 6.99. The lowest BCUT2D eigenvalue weighted by atomic mass is 9.34. The molecule has 0 aliphatic carbocycles. The van der Waals surface area contributed by atoms with Gasteiger partial charge in [-0.1, -0.05) is 200 Å². The van der Waals surface area contributed by atoms with Crippen molar-refractivity contribution in [1.82, 2.24) is 14.1 Å². The summed E-state index contributed by atoms with van der Waals surface area (Å²) in [5.74, 6) is 1.36. The Kier molecular flexibility index (Phi) is 13.4. The first-order valence-electron chi connectivity index (χ1n) is 34.3. The van der Waals surface area contributed by atoms with Gasteiger partial charge < -0.3 is 27.6 Å². The number of hydrogen-bond donors (Lipinski definition) is 0. The van der Waals surface area contributed by atoms with Crippen molar-refractivity contribution in [1.29, 1.82) is 0 Å². The number of aromatic nitrogens is 3. The third-order valence-corrected chi connectivity index (χ3v) is 21.6. The highest BCUT2D eigenvalue weighted by atomic mass is 16.5. The van der Waals surface area contributed by atoms with E-state index in [9.17, 15) is 0 Å². The number of rotatable bonds is 7. The lowest BCUT2D eigenvalue weighted by Crippen LogP contribution is -2.59. The summed E-state index contributed by atoms with van der Waals surface area (Å²) in [6, 6.07) is 81.3. The van der Waals surface area contributed by atoms with Crippen LogP contribution in [0.5, 0.6) is 11.5 Å². The Hall–Kier alpha value is -11.6. The molecule has 2 aliphatic rings. The Balaban J connectivity index is 0.900. The van der Waals surface area contributed by atoms with E-state index in [1.165, 1.54) is 0 Å². The molecule has 5 aromatic heterocycles. The van der Waals surface area contributed by atoms with Gasteiger partial charge in [0.05, 0.1) is 22.9 Å². The molecule has 2 aliphatic heterocycles. The van der Waals surface area contributed by atoms with Crippen molar-refractivity contribution < 1.29 is 13.6 Å². The fourth-order valence-corrected chi connectivity index (χ4v) is 16.7. The van der Waals surface area contributed by atoms with Crippen LogP contribution in [-0.4, -0.2) is 83.6 Å². The Labute approximate surface area is 604 Å². The molecule has 0 saturated heterocycles. The maximum absolute atomic E-state index is 7.68. The van der Waals surface area contributed by atoms with Gasteiger partial charge in [0.2, 0.25) is 0 Å². The van der Waals surface area contributed by atoms with Crippen molar-refractivity contribution in [2.45, 2.75) is 26.2 Å². The molecule has 103 heavy (non-hydrogen) atoms. The highest BCUT2D eigenvalue weighted by Crippen LogP contribution is 2.52. The molecule has 0 amide bonds. The minimum atomic E-state index is -0.418. The number of pyridine rings is 1. The van der Waals surface area contributed by atoms with Gasteiger partial charge in [-0.15, -0.1) is 21.9 Å². The highest BCUT2D eigenvalue weighted by Gasteiger charge is 2.44. The second-order valence-corrected chi connectivity index (χ2v) is 28.2. The molecule has 0 spiro atoms. The summed E-state index contributed by atoms with van der Waals surface area (Å²) in [5.41, 5.74) is 22.8. The van der Waals surface area contributed by atoms with Crippen LogP contribution in [0, 0.1) is 0 Å². The van der Waals surface area contributed by atoms with E-state index in [4.69, 9.17) is 76.3 Å². The summed E-state index contributed by atoms with van der Waals surface area (Å²) < 4.78 is 26.4. The molecule has 20 rings (SSSR count). The zero-order valence-electron chi connectivity index (χ0n) is 56.3. The molecule has 18 aromatic rings. The second-order valence-electron chi connectivity index (χ2n) is 28.2. The minimum Gasteiger partial charge on any atom is -0.458 e. The largest absolute Gasteiger partial charge is 0.458 e. The van der Waals surface area contributed by atoms with E-state index in [-0.39, 0.29) is 49.1 Å². The van der Waals surface area contributed by atoms with E-state index in [2.05, 4.69) is 248 Å². The van der Waals surface area contributed by atoms with Crippen molar-refractivity contribution in [3.8, 4) is 67.4 Å². The molecule has 0 unspecified atom stereocenters. The number of nitrogens with zero attached hydrogens (tertiary/aromatic N) is 4. The second kappa shape index (κ2) is 22.4. The number of para-hydroxylation sites is 3. The molecule has 0 N–H and O–H groups in total. The summed E-state index contributed by atoms with van der Waals surface area (Å²) in [7, 11) is 55.7. The zero-order valence-corrected chi connectivity index (χ0v) is 56.3. The number of hydrogen-bond acceptors (Lipinski definition) is 5. The fourth-order valence-electron chi connectivity index (χ4n) is 16.7. The van der Waals surface area contributed by atoms with Crippen LogP contribution in [0.25, 0.3) is 143 Å². The average Bonchev–Trinajstić information content (AvgIpc) is 1.54. The van der Waals surface area contributed by atoms with E-state index in [0.29, 0.717) is 44.6 Å². The molecule has 16 heteroatoms. The number of ether oxygens (including phenoxy) is 1. The molecule has 0 fully saturated rings. The molecule has 7 heterocycles. The van der Waals surface area contributed by atoms with Gasteiger partial charge in [-0.3, -0.25) is 4.98 Å². The molecular formula is C87H49B9N4O3.